The van der Waals surface area contributed by atoms with Crippen molar-refractivity contribution in [3.05, 3.63) is 200 Å². The van der Waals surface area contributed by atoms with Gasteiger partial charge in [0.1, 0.15) is 11.2 Å². The van der Waals surface area contributed by atoms with Crippen LogP contribution in [0.5, 0.6) is 0 Å². The number of nitrogens with zero attached hydrogens (tertiary/aromatic N) is 5. The Kier molecular flexibility index (Phi) is 7.02. The number of rotatable bonds is 5. The Labute approximate surface area is 359 Å². The summed E-state index contributed by atoms with van der Waals surface area (Å²) in [5.74, 6) is 1.74. The second kappa shape index (κ2) is 12.9. The summed E-state index contributed by atoms with van der Waals surface area (Å²) in [4.78, 5) is 15.5. The molecule has 0 atom stereocenters. The number of furan rings is 1. The lowest BCUT2D eigenvalue weighted by molar-refractivity contribution is 0.669. The van der Waals surface area contributed by atoms with Gasteiger partial charge < -0.3 is 13.4 Å². The highest BCUT2D eigenvalue weighted by Gasteiger charge is 2.26. The van der Waals surface area contributed by atoms with Crippen molar-refractivity contribution in [2.45, 2.75) is 0 Å². The fraction of sp³-hybridized carbons (Fsp3) is 0. The number of hydrogen-bond donors (Lipinski definition) is 0. The summed E-state index contributed by atoms with van der Waals surface area (Å²) in [6, 6.07) is 70.5. The van der Waals surface area contributed by atoms with Gasteiger partial charge in [-0.05, 0) is 53.6 Å². The van der Waals surface area contributed by atoms with Crippen molar-refractivity contribution in [2.24, 2.45) is 0 Å². The predicted molar refractivity (Wildman–Crippen MR) is 258 cm³/mol. The summed E-state index contributed by atoms with van der Waals surface area (Å²) in [5.41, 5.74) is 13.4. The lowest BCUT2D eigenvalue weighted by atomic mass is 10.0. The van der Waals surface area contributed by atoms with E-state index in [-0.39, 0.29) is 0 Å². The molecule has 6 heteroatoms. The molecule has 14 aromatic rings. The zero-order valence-electron chi connectivity index (χ0n) is 33.7. The van der Waals surface area contributed by atoms with Crippen LogP contribution in [0.2, 0.25) is 0 Å². The van der Waals surface area contributed by atoms with Gasteiger partial charge >= 0.3 is 0 Å². The Morgan fingerprint density at radius 3 is 1.68 bits per heavy atom. The highest BCUT2D eigenvalue weighted by molar-refractivity contribution is 6.33. The SMILES string of the molecule is c1ccc(-c2ccc(-c3nc(-c4ccccc4)nc(-c4ccc(-n5c6ccccc6c6c7c8cccc9c%10ccccc%10n(c7ccc65)c98)c5c4oc4ccccc45)n3)cc2)cc1. The maximum atomic E-state index is 6.92. The fourth-order valence-corrected chi connectivity index (χ4v) is 10.2. The van der Waals surface area contributed by atoms with Crippen molar-refractivity contribution in [3.8, 4) is 51.0 Å². The van der Waals surface area contributed by atoms with Gasteiger partial charge in [-0.1, -0.05) is 158 Å². The Balaban J connectivity index is 1.03. The van der Waals surface area contributed by atoms with E-state index in [1.165, 1.54) is 48.9 Å². The first-order chi connectivity index (χ1) is 31.3. The molecule has 0 N–H and O–H groups in total. The molecule has 292 valence electrons. The van der Waals surface area contributed by atoms with Crippen LogP contribution < -0.4 is 0 Å². The van der Waals surface area contributed by atoms with Crippen molar-refractivity contribution in [2.75, 3.05) is 0 Å². The smallest absolute Gasteiger partial charge is 0.167 e. The van der Waals surface area contributed by atoms with Crippen LogP contribution in [0.25, 0.3) is 133 Å². The molecular formula is C57H33N5O. The van der Waals surface area contributed by atoms with E-state index in [0.717, 1.165) is 66.5 Å². The molecule has 0 bridgehead atoms. The molecule has 5 heterocycles. The predicted octanol–water partition coefficient (Wildman–Crippen LogP) is 14.7. The van der Waals surface area contributed by atoms with Crippen molar-refractivity contribution in [1.82, 2.24) is 23.9 Å². The van der Waals surface area contributed by atoms with Crippen molar-refractivity contribution >= 4 is 81.8 Å². The van der Waals surface area contributed by atoms with Crippen LogP contribution in [0.15, 0.2) is 205 Å². The molecule has 0 spiro atoms. The summed E-state index contributed by atoms with van der Waals surface area (Å²) in [6.45, 7) is 0. The van der Waals surface area contributed by atoms with E-state index in [9.17, 15) is 0 Å². The first kappa shape index (κ1) is 34.1. The van der Waals surface area contributed by atoms with Crippen molar-refractivity contribution in [3.63, 3.8) is 0 Å². The Bertz CT molecular complexity index is 4130. The molecule has 0 saturated heterocycles. The van der Waals surface area contributed by atoms with Gasteiger partial charge in [0.05, 0.1) is 44.2 Å². The molecule has 0 aliphatic heterocycles. The van der Waals surface area contributed by atoms with Gasteiger partial charge in [-0.25, -0.2) is 15.0 Å². The Morgan fingerprint density at radius 1 is 0.333 bits per heavy atom. The molecular weight excluding hydrogens is 771 g/mol. The number of hydrogen-bond acceptors (Lipinski definition) is 4. The first-order valence-electron chi connectivity index (χ1n) is 21.3. The average Bonchev–Trinajstić information content (AvgIpc) is 4.10. The lowest BCUT2D eigenvalue weighted by Gasteiger charge is -2.13. The van der Waals surface area contributed by atoms with E-state index in [4.69, 9.17) is 19.4 Å². The third kappa shape index (κ3) is 4.86. The van der Waals surface area contributed by atoms with Gasteiger partial charge in [0, 0.05) is 48.8 Å². The van der Waals surface area contributed by atoms with Crippen LogP contribution in [-0.2, 0) is 0 Å². The molecule has 0 fully saturated rings. The highest BCUT2D eigenvalue weighted by Crippen LogP contribution is 2.47. The van der Waals surface area contributed by atoms with E-state index in [0.29, 0.717) is 17.5 Å². The van der Waals surface area contributed by atoms with Crippen LogP contribution >= 0.6 is 0 Å². The van der Waals surface area contributed by atoms with E-state index < -0.39 is 0 Å². The zero-order chi connectivity index (χ0) is 41.2. The van der Waals surface area contributed by atoms with E-state index in [2.05, 4.69) is 161 Å². The van der Waals surface area contributed by atoms with Gasteiger partial charge in [-0.15, -0.1) is 0 Å². The molecule has 6 nitrogen and oxygen atoms in total. The molecule has 0 radical (unpaired) electrons. The summed E-state index contributed by atoms with van der Waals surface area (Å²) in [7, 11) is 0. The molecule has 63 heavy (non-hydrogen) atoms. The van der Waals surface area contributed by atoms with Crippen LogP contribution in [0, 0.1) is 0 Å². The molecule has 0 aliphatic carbocycles. The molecule has 9 aromatic carbocycles. The van der Waals surface area contributed by atoms with E-state index >= 15 is 0 Å². The molecule has 0 saturated carbocycles. The second-order valence-electron chi connectivity index (χ2n) is 16.3. The molecule has 0 aliphatic rings. The largest absolute Gasteiger partial charge is 0.455 e. The van der Waals surface area contributed by atoms with Crippen LogP contribution in [0.4, 0.5) is 0 Å². The second-order valence-corrected chi connectivity index (χ2v) is 16.3. The number of fused-ring (bicyclic) bond motifs is 13. The number of benzene rings is 9. The standard InChI is InChI=1S/C57H33N5O/c1-3-14-34(15-4-1)35-26-28-37(29-27-35)56-58-55(36-16-5-2-6-17-36)59-57(60-56)43-30-31-48(52-41-20-9-12-25-49(41)63-54(43)52)61-45-24-11-8-19-40(45)50-46(61)32-33-47-51(50)42-22-13-21-39-38-18-7-10-23-44(38)62(47)53(39)42/h1-33H. The summed E-state index contributed by atoms with van der Waals surface area (Å²) < 4.78 is 11.8. The zero-order valence-corrected chi connectivity index (χ0v) is 33.7. The van der Waals surface area contributed by atoms with Gasteiger partial charge in [-0.2, -0.15) is 0 Å². The topological polar surface area (TPSA) is 61.2 Å². The first-order valence-corrected chi connectivity index (χ1v) is 21.3. The molecule has 0 unspecified atom stereocenters. The van der Waals surface area contributed by atoms with Crippen LogP contribution in [0.3, 0.4) is 0 Å². The third-order valence-electron chi connectivity index (χ3n) is 12.9. The minimum Gasteiger partial charge on any atom is -0.455 e. The quantitative estimate of drug-likeness (QED) is 0.174. The fourth-order valence-electron chi connectivity index (χ4n) is 10.2. The van der Waals surface area contributed by atoms with Crippen molar-refractivity contribution < 1.29 is 4.42 Å². The van der Waals surface area contributed by atoms with Crippen molar-refractivity contribution in [1.29, 1.82) is 0 Å². The van der Waals surface area contributed by atoms with E-state index in [1.54, 1.807) is 0 Å². The van der Waals surface area contributed by atoms with Crippen LogP contribution in [0.1, 0.15) is 0 Å². The molecule has 14 rings (SSSR count). The highest BCUT2D eigenvalue weighted by atomic mass is 16.3. The van der Waals surface area contributed by atoms with Crippen LogP contribution in [-0.4, -0.2) is 23.9 Å². The van der Waals surface area contributed by atoms with Gasteiger partial charge in [0.25, 0.3) is 0 Å². The molecule has 5 aromatic heterocycles. The Morgan fingerprint density at radius 2 is 0.889 bits per heavy atom. The maximum absolute atomic E-state index is 6.92. The average molecular weight is 804 g/mol. The number of para-hydroxylation sites is 4. The maximum Gasteiger partial charge on any atom is 0.167 e. The normalized spacial score (nSPS) is 12.1. The lowest BCUT2D eigenvalue weighted by Crippen LogP contribution is -2.01. The monoisotopic (exact) mass is 803 g/mol. The third-order valence-corrected chi connectivity index (χ3v) is 12.9. The van der Waals surface area contributed by atoms with Gasteiger partial charge in [-0.3, -0.25) is 0 Å². The summed E-state index contributed by atoms with van der Waals surface area (Å²) in [6.07, 6.45) is 0. The summed E-state index contributed by atoms with van der Waals surface area (Å²) in [5, 5.41) is 9.55. The molecule has 0 amide bonds. The minimum absolute atomic E-state index is 0.545. The van der Waals surface area contributed by atoms with E-state index in [1.807, 2.05) is 48.5 Å². The Hall–Kier alpha value is -8.61. The minimum atomic E-state index is 0.545. The van der Waals surface area contributed by atoms with Gasteiger partial charge in [0.15, 0.2) is 17.5 Å². The number of aromatic nitrogens is 5. The summed E-state index contributed by atoms with van der Waals surface area (Å²) >= 11 is 0. The van der Waals surface area contributed by atoms with Gasteiger partial charge in [0.2, 0.25) is 0 Å².